The monoisotopic (exact) mass is 218 g/mol. The van der Waals surface area contributed by atoms with Crippen LogP contribution >= 0.6 is 0 Å². The van der Waals surface area contributed by atoms with E-state index in [1.807, 2.05) is 24.3 Å². The van der Waals surface area contributed by atoms with Crippen LogP contribution in [0.2, 0.25) is 0 Å². The van der Waals surface area contributed by atoms with Crippen LogP contribution in [0.15, 0.2) is 30.4 Å². The zero-order valence-electron chi connectivity index (χ0n) is 8.77. The summed E-state index contributed by atoms with van der Waals surface area (Å²) < 4.78 is 5.49. The summed E-state index contributed by atoms with van der Waals surface area (Å²) in [5.41, 5.74) is 4.11. The molecule has 2 aliphatic carbocycles. The molecule has 0 N–H and O–H groups in total. The quantitative estimate of drug-likeness (QED) is 0.626. The minimum absolute atomic E-state index is 0.172. The average Bonchev–Trinajstić information content (AvgIpc) is 3.07. The number of hydrogen-bond donors (Lipinski definition) is 0. The minimum Gasteiger partial charge on any atom is -0.341 e. The van der Waals surface area contributed by atoms with Crippen LogP contribution in [0.1, 0.15) is 16.7 Å². The second kappa shape index (κ2) is 2.48. The Bertz CT molecular complexity index is 715. The summed E-state index contributed by atoms with van der Waals surface area (Å²) in [5, 5.41) is 18.2. The summed E-state index contributed by atoms with van der Waals surface area (Å²) >= 11 is 0. The number of ether oxygens (including phenoxy) is 1. The molecule has 4 rings (SSSR count). The van der Waals surface area contributed by atoms with E-state index in [9.17, 15) is 0 Å². The van der Waals surface area contributed by atoms with Gasteiger partial charge in [-0.3, -0.25) is 0 Å². The topological polar surface area (TPSA) is 60.1 Å². The molecule has 1 heterocycles. The van der Waals surface area contributed by atoms with Crippen molar-refractivity contribution in [2.75, 3.05) is 0 Å². The first-order valence-electron chi connectivity index (χ1n) is 5.37. The third-order valence-corrected chi connectivity index (χ3v) is 3.61. The van der Waals surface area contributed by atoms with Crippen LogP contribution in [0.4, 0.5) is 0 Å². The van der Waals surface area contributed by atoms with Gasteiger partial charge in [0.1, 0.15) is 12.2 Å². The maximum atomic E-state index is 9.09. The molecule has 2 atom stereocenters. The number of epoxide rings is 1. The van der Waals surface area contributed by atoms with Crippen LogP contribution < -0.4 is 0 Å². The number of nitriles is 2. The third-order valence-electron chi connectivity index (χ3n) is 3.61. The van der Waals surface area contributed by atoms with Crippen molar-refractivity contribution in [1.29, 1.82) is 10.5 Å². The summed E-state index contributed by atoms with van der Waals surface area (Å²) in [5.74, 6) is 0. The fourth-order valence-electron chi connectivity index (χ4n) is 2.72. The van der Waals surface area contributed by atoms with Crippen LogP contribution in [-0.2, 0) is 4.74 Å². The predicted molar refractivity (Wildman–Crippen MR) is 60.3 cm³/mol. The van der Waals surface area contributed by atoms with Gasteiger partial charge in [0, 0.05) is 11.1 Å². The molecule has 78 valence electrons. The van der Waals surface area contributed by atoms with E-state index in [2.05, 4.69) is 12.1 Å². The number of benzene rings is 1. The lowest BCUT2D eigenvalue weighted by Crippen LogP contribution is -2.21. The predicted octanol–water partition coefficient (Wildman–Crippen LogP) is 2.01. The average molecular weight is 218 g/mol. The van der Waals surface area contributed by atoms with Gasteiger partial charge in [-0.2, -0.15) is 10.5 Å². The lowest BCUT2D eigenvalue weighted by molar-refractivity contribution is 0.383. The molecule has 1 fully saturated rings. The molecule has 0 aromatic heterocycles. The van der Waals surface area contributed by atoms with Gasteiger partial charge in [0.2, 0.25) is 5.60 Å². The van der Waals surface area contributed by atoms with E-state index in [1.165, 1.54) is 0 Å². The number of rotatable bonds is 0. The van der Waals surface area contributed by atoms with Crippen LogP contribution in [0.25, 0.3) is 11.1 Å². The Labute approximate surface area is 97.9 Å². The van der Waals surface area contributed by atoms with Gasteiger partial charge in [0.25, 0.3) is 0 Å². The molecule has 2 unspecified atom stereocenters. The Morgan fingerprint density at radius 1 is 1.29 bits per heavy atom. The van der Waals surface area contributed by atoms with Gasteiger partial charge < -0.3 is 4.74 Å². The van der Waals surface area contributed by atoms with Crippen molar-refractivity contribution in [2.24, 2.45) is 0 Å². The summed E-state index contributed by atoms with van der Waals surface area (Å²) in [6.45, 7) is 0. The first-order chi connectivity index (χ1) is 8.30. The van der Waals surface area contributed by atoms with Gasteiger partial charge in [0.05, 0.1) is 11.6 Å². The second-order valence-electron chi connectivity index (χ2n) is 4.40. The van der Waals surface area contributed by atoms with Gasteiger partial charge in [-0.1, -0.05) is 18.2 Å². The maximum absolute atomic E-state index is 9.09. The second-order valence-corrected chi connectivity index (χ2v) is 4.40. The lowest BCUT2D eigenvalue weighted by atomic mass is 9.72. The van der Waals surface area contributed by atoms with E-state index in [0.29, 0.717) is 5.56 Å². The van der Waals surface area contributed by atoms with E-state index in [1.54, 1.807) is 6.07 Å². The Morgan fingerprint density at radius 3 is 2.94 bits per heavy atom. The van der Waals surface area contributed by atoms with E-state index >= 15 is 0 Å². The highest BCUT2D eigenvalue weighted by atomic mass is 16.6. The molecule has 0 saturated carbocycles. The highest BCUT2D eigenvalue weighted by Crippen LogP contribution is 2.58. The van der Waals surface area contributed by atoms with Crippen molar-refractivity contribution in [2.45, 2.75) is 11.7 Å². The SMILES string of the molecule is N#Cc1cccc2c1C1=C2C=CC2(C#N)OC12. The Hall–Kier alpha value is -2.36. The van der Waals surface area contributed by atoms with Gasteiger partial charge in [-0.05, 0) is 23.3 Å². The highest BCUT2D eigenvalue weighted by Gasteiger charge is 2.62. The van der Waals surface area contributed by atoms with E-state index in [0.717, 1.165) is 22.3 Å². The molecule has 17 heavy (non-hydrogen) atoms. The van der Waals surface area contributed by atoms with E-state index in [-0.39, 0.29) is 6.10 Å². The Kier molecular flexibility index (Phi) is 1.28. The van der Waals surface area contributed by atoms with Crippen LogP contribution in [0, 0.1) is 22.7 Å². The zero-order valence-corrected chi connectivity index (χ0v) is 8.77. The maximum Gasteiger partial charge on any atom is 0.204 e. The smallest absolute Gasteiger partial charge is 0.204 e. The molecule has 0 spiro atoms. The van der Waals surface area contributed by atoms with Crippen molar-refractivity contribution in [3.63, 3.8) is 0 Å². The molecule has 0 bridgehead atoms. The van der Waals surface area contributed by atoms with Crippen molar-refractivity contribution >= 4 is 11.1 Å². The number of fused-ring (bicyclic) bond motifs is 5. The molecule has 3 nitrogen and oxygen atoms in total. The largest absolute Gasteiger partial charge is 0.341 e. The molecule has 3 aliphatic rings. The van der Waals surface area contributed by atoms with Gasteiger partial charge >= 0.3 is 0 Å². The van der Waals surface area contributed by atoms with Crippen LogP contribution in [0.3, 0.4) is 0 Å². The molecule has 0 radical (unpaired) electrons. The van der Waals surface area contributed by atoms with Crippen LogP contribution in [-0.4, -0.2) is 11.7 Å². The lowest BCUT2D eigenvalue weighted by Gasteiger charge is -2.28. The molecule has 3 heteroatoms. The fraction of sp³-hybridized carbons (Fsp3) is 0.143. The van der Waals surface area contributed by atoms with Crippen molar-refractivity contribution in [3.8, 4) is 12.1 Å². The Morgan fingerprint density at radius 2 is 2.18 bits per heavy atom. The third kappa shape index (κ3) is 0.814. The molecular formula is C14H6N2O. The molecule has 1 aliphatic heterocycles. The number of nitrogens with zero attached hydrogens (tertiary/aromatic N) is 2. The summed E-state index contributed by atoms with van der Waals surface area (Å²) in [6.07, 6.45) is 3.58. The summed E-state index contributed by atoms with van der Waals surface area (Å²) in [6, 6.07) is 10.1. The number of allylic oxidation sites excluding steroid dienone is 2. The normalized spacial score (nSPS) is 30.4. The molecule has 1 saturated heterocycles. The molecular weight excluding hydrogens is 212 g/mol. The summed E-state index contributed by atoms with van der Waals surface area (Å²) in [7, 11) is 0. The van der Waals surface area contributed by atoms with Gasteiger partial charge in [-0.15, -0.1) is 0 Å². The minimum atomic E-state index is -0.765. The fourth-order valence-corrected chi connectivity index (χ4v) is 2.72. The highest BCUT2D eigenvalue weighted by molar-refractivity contribution is 6.13. The van der Waals surface area contributed by atoms with E-state index in [4.69, 9.17) is 15.3 Å². The molecule has 0 amide bonds. The van der Waals surface area contributed by atoms with Crippen molar-refractivity contribution in [3.05, 3.63) is 47.0 Å². The molecule has 1 aromatic rings. The van der Waals surface area contributed by atoms with Crippen molar-refractivity contribution < 1.29 is 4.74 Å². The van der Waals surface area contributed by atoms with Gasteiger partial charge in [0.15, 0.2) is 0 Å². The zero-order chi connectivity index (χ0) is 11.6. The Balaban J connectivity index is 1.93. The first-order valence-corrected chi connectivity index (χ1v) is 5.37. The van der Waals surface area contributed by atoms with Crippen molar-refractivity contribution in [1.82, 2.24) is 0 Å². The standard InChI is InChI=1S/C14H6N2O/c15-6-8-2-1-3-9-10-4-5-14(7-16)13(17-14)12(10)11(8)9/h1-5,13H. The van der Waals surface area contributed by atoms with Gasteiger partial charge in [-0.25, -0.2) is 0 Å². The first kappa shape index (κ1) is 8.75. The van der Waals surface area contributed by atoms with Crippen LogP contribution in [0.5, 0.6) is 0 Å². The number of hydrogen-bond acceptors (Lipinski definition) is 3. The van der Waals surface area contributed by atoms with E-state index < -0.39 is 5.60 Å². The molecule has 1 aromatic carbocycles. The summed E-state index contributed by atoms with van der Waals surface area (Å²) in [4.78, 5) is 0.